The lowest BCUT2D eigenvalue weighted by Crippen LogP contribution is -2.58. The summed E-state index contributed by atoms with van der Waals surface area (Å²) in [4.78, 5) is 69.9. The Labute approximate surface area is 258 Å². The third kappa shape index (κ3) is 10.7. The van der Waals surface area contributed by atoms with Crippen molar-refractivity contribution in [2.75, 3.05) is 6.54 Å². The number of fused-ring (bicyclic) bond motifs is 1. The first-order valence-corrected chi connectivity index (χ1v) is 14.2. The molecule has 0 radical (unpaired) electrons. The molecular formula is C30H38N8O7. The van der Waals surface area contributed by atoms with Gasteiger partial charge in [-0.1, -0.05) is 48.5 Å². The Morgan fingerprint density at radius 3 is 2.09 bits per heavy atom. The van der Waals surface area contributed by atoms with Gasteiger partial charge >= 0.3 is 11.9 Å². The molecule has 0 aliphatic rings. The number of aliphatic imine (C=N–C) groups is 1. The van der Waals surface area contributed by atoms with Gasteiger partial charge in [0, 0.05) is 30.1 Å². The van der Waals surface area contributed by atoms with Crippen LogP contribution in [0.15, 0.2) is 65.8 Å². The second kappa shape index (κ2) is 16.4. The lowest BCUT2D eigenvalue weighted by atomic mass is 10.0. The number of hydrogen-bond acceptors (Lipinski definition) is 7. The summed E-state index contributed by atoms with van der Waals surface area (Å²) in [6, 6.07) is 11.1. The van der Waals surface area contributed by atoms with Gasteiger partial charge < -0.3 is 48.3 Å². The molecule has 0 spiro atoms. The third-order valence-corrected chi connectivity index (χ3v) is 6.94. The highest BCUT2D eigenvalue weighted by Gasteiger charge is 2.31. The Hall–Kier alpha value is -5.44. The van der Waals surface area contributed by atoms with Crippen molar-refractivity contribution in [1.82, 2.24) is 20.9 Å². The van der Waals surface area contributed by atoms with Crippen LogP contribution in [0.4, 0.5) is 0 Å². The Morgan fingerprint density at radius 1 is 0.800 bits per heavy atom. The number of aromatic nitrogens is 1. The average Bonchev–Trinajstić information content (AvgIpc) is 3.40. The SMILES string of the molecule is NC(N)=NCCCC(NC(=O)C(N)Cc1ccccc1)C(=O)NC(Cc1c[nH]c2ccccc12)C(=O)NC(CC(=O)O)C(=O)O. The van der Waals surface area contributed by atoms with Gasteiger partial charge in [-0.25, -0.2) is 4.79 Å². The number of carbonyl (C=O) groups is 5. The van der Waals surface area contributed by atoms with Crippen LogP contribution in [-0.4, -0.2) is 81.5 Å². The molecular weight excluding hydrogens is 584 g/mol. The fourth-order valence-electron chi connectivity index (χ4n) is 4.66. The summed E-state index contributed by atoms with van der Waals surface area (Å²) < 4.78 is 0. The molecule has 0 saturated carbocycles. The number of para-hydroxylation sites is 1. The molecule has 0 aliphatic carbocycles. The second-order valence-corrected chi connectivity index (χ2v) is 10.4. The van der Waals surface area contributed by atoms with Crippen LogP contribution in [-0.2, 0) is 36.8 Å². The van der Waals surface area contributed by atoms with Crippen molar-refractivity contribution in [1.29, 1.82) is 0 Å². The van der Waals surface area contributed by atoms with Crippen LogP contribution in [0.1, 0.15) is 30.4 Å². The average molecular weight is 623 g/mol. The molecule has 12 N–H and O–H groups in total. The molecule has 0 aliphatic heterocycles. The lowest BCUT2D eigenvalue weighted by Gasteiger charge is -2.25. The molecule has 2 aromatic carbocycles. The van der Waals surface area contributed by atoms with Crippen molar-refractivity contribution in [3.8, 4) is 0 Å². The fraction of sp³-hybridized carbons (Fsp3) is 0.333. The van der Waals surface area contributed by atoms with Crippen molar-refractivity contribution in [3.63, 3.8) is 0 Å². The number of benzene rings is 2. The molecule has 15 heteroatoms. The number of hydrogen-bond donors (Lipinski definition) is 9. The van der Waals surface area contributed by atoms with E-state index in [0.29, 0.717) is 5.56 Å². The largest absolute Gasteiger partial charge is 0.481 e. The molecule has 3 rings (SSSR count). The van der Waals surface area contributed by atoms with E-state index in [0.717, 1.165) is 16.5 Å². The molecule has 15 nitrogen and oxygen atoms in total. The quantitative estimate of drug-likeness (QED) is 0.0521. The highest BCUT2D eigenvalue weighted by atomic mass is 16.4. The molecule has 4 atom stereocenters. The van der Waals surface area contributed by atoms with Gasteiger partial charge in [-0.15, -0.1) is 0 Å². The first-order valence-electron chi connectivity index (χ1n) is 14.2. The van der Waals surface area contributed by atoms with Gasteiger partial charge in [-0.05, 0) is 36.5 Å². The Bertz CT molecular complexity index is 1520. The minimum Gasteiger partial charge on any atom is -0.481 e. The minimum atomic E-state index is -1.75. The summed E-state index contributed by atoms with van der Waals surface area (Å²) in [6.07, 6.45) is 1.26. The number of nitrogens with zero attached hydrogens (tertiary/aromatic N) is 1. The Kier molecular flexibility index (Phi) is 12.4. The van der Waals surface area contributed by atoms with Crippen LogP contribution >= 0.6 is 0 Å². The van der Waals surface area contributed by atoms with Crippen molar-refractivity contribution in [2.45, 2.75) is 56.3 Å². The number of nitrogens with one attached hydrogen (secondary N) is 4. The fourth-order valence-corrected chi connectivity index (χ4v) is 4.66. The van der Waals surface area contributed by atoms with Crippen molar-refractivity contribution < 1.29 is 34.2 Å². The van der Waals surface area contributed by atoms with Gasteiger partial charge in [-0.3, -0.25) is 24.2 Å². The van der Waals surface area contributed by atoms with E-state index in [1.54, 1.807) is 12.3 Å². The van der Waals surface area contributed by atoms with E-state index in [2.05, 4.69) is 25.9 Å². The number of H-pyrrole nitrogens is 1. The predicted molar refractivity (Wildman–Crippen MR) is 166 cm³/mol. The maximum atomic E-state index is 13.6. The topological polar surface area (TPSA) is 268 Å². The number of carboxylic acid groups (broad SMARTS) is 2. The number of aromatic amines is 1. The van der Waals surface area contributed by atoms with Gasteiger partial charge in [0.1, 0.15) is 18.1 Å². The third-order valence-electron chi connectivity index (χ3n) is 6.94. The van der Waals surface area contributed by atoms with Gasteiger partial charge in [0.2, 0.25) is 17.7 Å². The molecule has 4 unspecified atom stereocenters. The van der Waals surface area contributed by atoms with E-state index >= 15 is 0 Å². The lowest BCUT2D eigenvalue weighted by molar-refractivity contribution is -0.147. The van der Waals surface area contributed by atoms with Gasteiger partial charge in [-0.2, -0.15) is 0 Å². The van der Waals surface area contributed by atoms with E-state index in [1.165, 1.54) is 0 Å². The smallest absolute Gasteiger partial charge is 0.326 e. The minimum absolute atomic E-state index is 0.0740. The van der Waals surface area contributed by atoms with Crippen LogP contribution in [0.25, 0.3) is 10.9 Å². The highest BCUT2D eigenvalue weighted by Crippen LogP contribution is 2.19. The number of nitrogens with two attached hydrogens (primary N) is 3. The molecule has 3 amide bonds. The maximum absolute atomic E-state index is 13.6. The van der Waals surface area contributed by atoms with Crippen LogP contribution < -0.4 is 33.2 Å². The number of aliphatic carboxylic acids is 2. The van der Waals surface area contributed by atoms with Gasteiger partial charge in [0.25, 0.3) is 0 Å². The first kappa shape index (κ1) is 34.1. The van der Waals surface area contributed by atoms with E-state index in [-0.39, 0.29) is 38.2 Å². The molecule has 0 bridgehead atoms. The van der Waals surface area contributed by atoms with Crippen molar-refractivity contribution in [2.24, 2.45) is 22.2 Å². The standard InChI is InChI=1S/C30H38N8O7/c31-20(13-17-7-2-1-3-8-17)26(41)36-22(11-6-12-34-30(32)33)27(42)37-23(28(43)38-24(29(44)45)15-25(39)40)14-18-16-35-21-10-5-4-9-19(18)21/h1-5,7-10,16,20,22-24,35H,6,11-15,31H2,(H,36,41)(H,37,42)(H,38,43)(H,39,40)(H,44,45)(H4,32,33,34). The maximum Gasteiger partial charge on any atom is 0.326 e. The number of guanidine groups is 1. The molecule has 1 aromatic heterocycles. The Balaban J connectivity index is 1.84. The van der Waals surface area contributed by atoms with Crippen LogP contribution in [0.2, 0.25) is 0 Å². The highest BCUT2D eigenvalue weighted by molar-refractivity contribution is 5.95. The van der Waals surface area contributed by atoms with E-state index in [4.69, 9.17) is 22.3 Å². The van der Waals surface area contributed by atoms with Crippen LogP contribution in [0.5, 0.6) is 0 Å². The van der Waals surface area contributed by atoms with Crippen molar-refractivity contribution >= 4 is 46.5 Å². The molecule has 45 heavy (non-hydrogen) atoms. The van der Waals surface area contributed by atoms with Gasteiger partial charge in [0.05, 0.1) is 12.5 Å². The zero-order valence-electron chi connectivity index (χ0n) is 24.4. The van der Waals surface area contributed by atoms with Crippen molar-refractivity contribution in [3.05, 3.63) is 71.9 Å². The first-order chi connectivity index (χ1) is 21.4. The molecule has 3 aromatic rings. The van der Waals surface area contributed by atoms with Crippen LogP contribution in [0.3, 0.4) is 0 Å². The summed E-state index contributed by atoms with van der Waals surface area (Å²) in [5, 5.41) is 26.8. The number of carbonyl (C=O) groups excluding carboxylic acids is 3. The van der Waals surface area contributed by atoms with E-state index in [1.807, 2.05) is 48.5 Å². The summed E-state index contributed by atoms with van der Waals surface area (Å²) in [5.74, 6) is -5.41. The normalized spacial score (nSPS) is 13.5. The predicted octanol–water partition coefficient (Wildman–Crippen LogP) is -0.652. The van der Waals surface area contributed by atoms with E-state index in [9.17, 15) is 29.1 Å². The van der Waals surface area contributed by atoms with Gasteiger partial charge in [0.15, 0.2) is 5.96 Å². The second-order valence-electron chi connectivity index (χ2n) is 10.4. The monoisotopic (exact) mass is 622 g/mol. The summed E-state index contributed by atoms with van der Waals surface area (Å²) in [7, 11) is 0. The summed E-state index contributed by atoms with van der Waals surface area (Å²) in [5.41, 5.74) is 19.1. The van der Waals surface area contributed by atoms with Crippen LogP contribution in [0, 0.1) is 0 Å². The molecule has 1 heterocycles. The summed E-state index contributed by atoms with van der Waals surface area (Å²) in [6.45, 7) is 0.160. The molecule has 240 valence electrons. The number of rotatable bonds is 17. The molecule has 0 saturated heterocycles. The molecule has 0 fully saturated rings. The number of carboxylic acids is 2. The zero-order valence-corrected chi connectivity index (χ0v) is 24.4. The summed E-state index contributed by atoms with van der Waals surface area (Å²) >= 11 is 0. The Morgan fingerprint density at radius 2 is 1.42 bits per heavy atom. The zero-order chi connectivity index (χ0) is 32.9. The van der Waals surface area contributed by atoms with E-state index < -0.39 is 60.2 Å². The number of amides is 3.